The highest BCUT2D eigenvalue weighted by Gasteiger charge is 2.14. The molecule has 0 amide bonds. The minimum atomic E-state index is -3.30. The molecule has 0 saturated heterocycles. The van der Waals surface area contributed by atoms with Crippen molar-refractivity contribution in [3.05, 3.63) is 60.3 Å². The molecule has 0 radical (unpaired) electrons. The molecule has 2 aromatic rings. The molecular weight excluding hydrogens is 274 g/mol. The normalized spacial score (nSPS) is 11.4. The number of rotatable bonds is 7. The van der Waals surface area contributed by atoms with Crippen molar-refractivity contribution in [1.82, 2.24) is 4.98 Å². The Morgan fingerprint density at radius 3 is 2.45 bits per heavy atom. The molecule has 0 atom stereocenters. The van der Waals surface area contributed by atoms with Crippen molar-refractivity contribution < 1.29 is 13.2 Å². The second kappa shape index (κ2) is 7.17. The van der Waals surface area contributed by atoms with Gasteiger partial charge < -0.3 is 4.74 Å². The molecule has 0 fully saturated rings. The summed E-state index contributed by atoms with van der Waals surface area (Å²) in [7, 11) is -3.30. The van der Waals surface area contributed by atoms with Gasteiger partial charge in [-0.1, -0.05) is 36.4 Å². The predicted molar refractivity (Wildman–Crippen MR) is 77.0 cm³/mol. The molecule has 0 aliphatic carbocycles. The molecule has 5 heteroatoms. The van der Waals surface area contributed by atoms with Crippen molar-refractivity contribution in [3.8, 4) is 0 Å². The van der Waals surface area contributed by atoms with E-state index in [4.69, 9.17) is 4.74 Å². The highest BCUT2D eigenvalue weighted by atomic mass is 32.2. The summed E-state index contributed by atoms with van der Waals surface area (Å²) in [5, 5.41) is 0.128. The van der Waals surface area contributed by atoms with Crippen LogP contribution in [0.3, 0.4) is 0 Å². The summed E-state index contributed by atoms with van der Waals surface area (Å²) in [6.07, 6.45) is 1.95. The minimum Gasteiger partial charge on any atom is -0.377 e. The van der Waals surface area contributed by atoms with Gasteiger partial charge in [0.1, 0.15) is 0 Å². The van der Waals surface area contributed by atoms with E-state index in [1.54, 1.807) is 12.1 Å². The van der Waals surface area contributed by atoms with Crippen LogP contribution in [-0.2, 0) is 21.2 Å². The van der Waals surface area contributed by atoms with Crippen molar-refractivity contribution in [2.75, 3.05) is 12.4 Å². The van der Waals surface area contributed by atoms with Crippen LogP contribution in [0.2, 0.25) is 0 Å². The molecule has 0 aliphatic rings. The number of hydrogen-bond acceptors (Lipinski definition) is 4. The fourth-order valence-electron chi connectivity index (χ4n) is 1.75. The van der Waals surface area contributed by atoms with E-state index in [1.807, 2.05) is 30.3 Å². The molecule has 0 spiro atoms. The molecule has 0 unspecified atom stereocenters. The van der Waals surface area contributed by atoms with Crippen molar-refractivity contribution in [2.45, 2.75) is 18.1 Å². The molecule has 0 saturated carbocycles. The smallest absolute Gasteiger partial charge is 0.195 e. The summed E-state index contributed by atoms with van der Waals surface area (Å²) in [5.74, 6) is 0.0544. The van der Waals surface area contributed by atoms with E-state index in [-0.39, 0.29) is 10.8 Å². The first kappa shape index (κ1) is 14.7. The number of ether oxygens (including phenoxy) is 1. The van der Waals surface area contributed by atoms with Gasteiger partial charge in [0.2, 0.25) is 0 Å². The first-order valence-electron chi connectivity index (χ1n) is 6.44. The standard InChI is InChI=1S/C15H17NO3S/c17-20(18,15-9-4-5-10-16-15)12-6-11-19-13-14-7-2-1-3-8-14/h1-5,7-10H,6,11-13H2. The van der Waals surface area contributed by atoms with Gasteiger partial charge in [0.25, 0.3) is 0 Å². The van der Waals surface area contributed by atoms with E-state index in [2.05, 4.69) is 4.98 Å². The molecule has 1 aromatic heterocycles. The maximum atomic E-state index is 11.9. The highest BCUT2D eigenvalue weighted by Crippen LogP contribution is 2.08. The topological polar surface area (TPSA) is 56.3 Å². The Labute approximate surface area is 119 Å². The molecular formula is C15H17NO3S. The molecule has 4 nitrogen and oxygen atoms in total. The van der Waals surface area contributed by atoms with E-state index >= 15 is 0 Å². The molecule has 106 valence electrons. The Kier molecular flexibility index (Phi) is 5.26. The molecule has 1 aromatic carbocycles. The quantitative estimate of drug-likeness (QED) is 0.735. The van der Waals surface area contributed by atoms with Gasteiger partial charge in [-0.2, -0.15) is 0 Å². The van der Waals surface area contributed by atoms with Crippen LogP contribution < -0.4 is 0 Å². The molecule has 2 rings (SSSR count). The van der Waals surface area contributed by atoms with Crippen molar-refractivity contribution in [2.24, 2.45) is 0 Å². The van der Waals surface area contributed by atoms with Crippen LogP contribution in [0.5, 0.6) is 0 Å². The third-order valence-electron chi connectivity index (χ3n) is 2.77. The summed E-state index contributed by atoms with van der Waals surface area (Å²) in [6.45, 7) is 0.922. The summed E-state index contributed by atoms with van der Waals surface area (Å²) >= 11 is 0. The zero-order valence-corrected chi connectivity index (χ0v) is 11.9. The fraction of sp³-hybridized carbons (Fsp3) is 0.267. The maximum Gasteiger partial charge on any atom is 0.195 e. The lowest BCUT2D eigenvalue weighted by Crippen LogP contribution is -2.10. The van der Waals surface area contributed by atoms with Gasteiger partial charge in [0.15, 0.2) is 14.9 Å². The third-order valence-corrected chi connectivity index (χ3v) is 4.47. The molecule has 0 bridgehead atoms. The summed E-state index contributed by atoms with van der Waals surface area (Å²) in [4.78, 5) is 3.87. The van der Waals surface area contributed by atoms with Crippen molar-refractivity contribution >= 4 is 9.84 Å². The number of nitrogens with zero attached hydrogens (tertiary/aromatic N) is 1. The van der Waals surface area contributed by atoms with Crippen molar-refractivity contribution in [1.29, 1.82) is 0 Å². The molecule has 0 N–H and O–H groups in total. The molecule has 1 heterocycles. The van der Waals surface area contributed by atoms with Gasteiger partial charge in [0.05, 0.1) is 12.4 Å². The SMILES string of the molecule is O=S(=O)(CCCOCc1ccccc1)c1ccccn1. The van der Waals surface area contributed by atoms with Crippen LogP contribution in [0.4, 0.5) is 0 Å². The van der Waals surface area contributed by atoms with Crippen LogP contribution in [0, 0.1) is 0 Å². The second-order valence-corrected chi connectivity index (χ2v) is 6.43. The number of benzene rings is 1. The van der Waals surface area contributed by atoms with Gasteiger partial charge in [-0.05, 0) is 24.1 Å². The first-order chi connectivity index (χ1) is 9.68. The van der Waals surface area contributed by atoms with Gasteiger partial charge in [-0.3, -0.25) is 0 Å². The van der Waals surface area contributed by atoms with Crippen LogP contribution in [0.1, 0.15) is 12.0 Å². The van der Waals surface area contributed by atoms with Crippen molar-refractivity contribution in [3.63, 3.8) is 0 Å². The number of sulfone groups is 1. The molecule has 20 heavy (non-hydrogen) atoms. The van der Waals surface area contributed by atoms with Crippen LogP contribution in [-0.4, -0.2) is 25.8 Å². The van der Waals surface area contributed by atoms with Gasteiger partial charge >= 0.3 is 0 Å². The van der Waals surface area contributed by atoms with Crippen LogP contribution >= 0.6 is 0 Å². The summed E-state index contributed by atoms with van der Waals surface area (Å²) in [5.41, 5.74) is 1.08. The van der Waals surface area contributed by atoms with Gasteiger partial charge in [0, 0.05) is 12.8 Å². The zero-order valence-electron chi connectivity index (χ0n) is 11.1. The zero-order chi connectivity index (χ0) is 14.3. The Balaban J connectivity index is 1.74. The fourth-order valence-corrected chi connectivity index (χ4v) is 2.97. The van der Waals surface area contributed by atoms with E-state index in [1.165, 1.54) is 12.3 Å². The van der Waals surface area contributed by atoms with Gasteiger partial charge in [-0.25, -0.2) is 13.4 Å². The maximum absolute atomic E-state index is 11.9. The minimum absolute atomic E-state index is 0.0544. The lowest BCUT2D eigenvalue weighted by molar-refractivity contribution is 0.122. The third kappa shape index (κ3) is 4.43. The first-order valence-corrected chi connectivity index (χ1v) is 8.09. The van der Waals surface area contributed by atoms with E-state index in [0.717, 1.165) is 5.56 Å². The molecule has 0 aliphatic heterocycles. The van der Waals surface area contributed by atoms with Gasteiger partial charge in [-0.15, -0.1) is 0 Å². The van der Waals surface area contributed by atoms with Crippen LogP contribution in [0.25, 0.3) is 0 Å². The average molecular weight is 291 g/mol. The Morgan fingerprint density at radius 2 is 1.75 bits per heavy atom. The Bertz CT molecular complexity index is 612. The Hall–Kier alpha value is -1.72. The largest absolute Gasteiger partial charge is 0.377 e. The average Bonchev–Trinajstić information content (AvgIpc) is 2.49. The predicted octanol–water partition coefficient (Wildman–Crippen LogP) is 2.46. The second-order valence-electron chi connectivity index (χ2n) is 4.38. The lowest BCUT2D eigenvalue weighted by atomic mass is 10.2. The van der Waals surface area contributed by atoms with Crippen LogP contribution in [0.15, 0.2) is 59.8 Å². The number of hydrogen-bond donors (Lipinski definition) is 0. The summed E-state index contributed by atoms with van der Waals surface area (Å²) < 4.78 is 29.4. The van der Waals surface area contributed by atoms with E-state index < -0.39 is 9.84 Å². The number of aromatic nitrogens is 1. The van der Waals surface area contributed by atoms with E-state index in [9.17, 15) is 8.42 Å². The Morgan fingerprint density at radius 1 is 1.00 bits per heavy atom. The lowest BCUT2D eigenvalue weighted by Gasteiger charge is -2.05. The monoisotopic (exact) mass is 291 g/mol. The summed E-state index contributed by atoms with van der Waals surface area (Å²) in [6, 6.07) is 14.7. The van der Waals surface area contributed by atoms with E-state index in [0.29, 0.717) is 19.6 Å². The number of pyridine rings is 1. The highest BCUT2D eigenvalue weighted by molar-refractivity contribution is 7.91.